The van der Waals surface area contributed by atoms with E-state index in [1.165, 1.54) is 0 Å². The van der Waals surface area contributed by atoms with Crippen molar-refractivity contribution in [2.75, 3.05) is 19.1 Å². The van der Waals surface area contributed by atoms with Crippen LogP contribution < -0.4 is 0 Å². The quantitative estimate of drug-likeness (QED) is 0.487. The van der Waals surface area contributed by atoms with Gasteiger partial charge in [0.15, 0.2) is 0 Å². The maximum atomic E-state index is 11.7. The van der Waals surface area contributed by atoms with E-state index in [-0.39, 0.29) is 12.0 Å². The van der Waals surface area contributed by atoms with Crippen LogP contribution in [0, 0.1) is 5.41 Å². The van der Waals surface area contributed by atoms with Crippen LogP contribution in [0.5, 0.6) is 0 Å². The zero-order valence-corrected chi connectivity index (χ0v) is 9.92. The summed E-state index contributed by atoms with van der Waals surface area (Å²) in [6.07, 6.45) is -1.88. The highest BCUT2D eigenvalue weighted by Gasteiger charge is 2.27. The zero-order valence-electron chi connectivity index (χ0n) is 9.16. The van der Waals surface area contributed by atoms with E-state index in [0.717, 1.165) is 12.8 Å². The lowest BCUT2D eigenvalue weighted by atomic mass is 9.85. The van der Waals surface area contributed by atoms with Gasteiger partial charge in [-0.1, -0.05) is 13.8 Å². The highest BCUT2D eigenvalue weighted by molar-refractivity contribution is 6.18. The fraction of sp³-hybridized carbons (Fsp3) is 1.00. The second kappa shape index (κ2) is 6.59. The number of alkyl halides is 4. The van der Waals surface area contributed by atoms with Crippen molar-refractivity contribution >= 4 is 11.6 Å². The molecule has 15 heavy (non-hydrogen) atoms. The maximum absolute atomic E-state index is 11.7. The molecule has 0 fully saturated rings. The van der Waals surface area contributed by atoms with Crippen molar-refractivity contribution in [1.82, 2.24) is 0 Å². The Balaban J connectivity index is 3.54. The average molecular weight is 247 g/mol. The Labute approximate surface area is 93.9 Å². The molecule has 0 heterocycles. The highest BCUT2D eigenvalue weighted by Crippen LogP contribution is 2.28. The van der Waals surface area contributed by atoms with Crippen LogP contribution in [0.4, 0.5) is 13.2 Å². The lowest BCUT2D eigenvalue weighted by molar-refractivity contribution is -0.174. The van der Waals surface area contributed by atoms with Gasteiger partial charge in [0.2, 0.25) is 0 Å². The lowest BCUT2D eigenvalue weighted by Gasteiger charge is -2.25. The molecule has 5 heteroatoms. The van der Waals surface area contributed by atoms with Crippen molar-refractivity contribution in [2.24, 2.45) is 5.41 Å². The van der Waals surface area contributed by atoms with E-state index in [1.54, 1.807) is 0 Å². The molecule has 0 aliphatic rings. The molecule has 0 aromatic carbocycles. The highest BCUT2D eigenvalue weighted by atomic mass is 35.5. The van der Waals surface area contributed by atoms with E-state index in [4.69, 9.17) is 11.6 Å². The van der Waals surface area contributed by atoms with Crippen LogP contribution in [-0.2, 0) is 4.74 Å². The number of rotatable bonds is 7. The van der Waals surface area contributed by atoms with Crippen LogP contribution in [0.1, 0.15) is 33.1 Å². The lowest BCUT2D eigenvalue weighted by Crippen LogP contribution is -2.20. The van der Waals surface area contributed by atoms with Gasteiger partial charge in [-0.2, -0.15) is 13.2 Å². The molecule has 1 atom stereocenters. The van der Waals surface area contributed by atoms with Crippen LogP contribution in [-0.4, -0.2) is 25.3 Å². The second-order valence-corrected chi connectivity index (χ2v) is 4.34. The van der Waals surface area contributed by atoms with Crippen LogP contribution in [0.15, 0.2) is 0 Å². The topological polar surface area (TPSA) is 9.23 Å². The first kappa shape index (κ1) is 15.0. The third-order valence-electron chi connectivity index (χ3n) is 2.51. The van der Waals surface area contributed by atoms with Gasteiger partial charge in [-0.3, -0.25) is 0 Å². The Morgan fingerprint density at radius 1 is 1.27 bits per heavy atom. The third-order valence-corrected chi connectivity index (χ3v) is 3.16. The monoisotopic (exact) mass is 246 g/mol. The Hall–Kier alpha value is 0.0400. The van der Waals surface area contributed by atoms with Crippen molar-refractivity contribution in [3.63, 3.8) is 0 Å². The average Bonchev–Trinajstić information content (AvgIpc) is 2.15. The third kappa shape index (κ3) is 7.91. The Bertz CT molecular complexity index is 167. The Morgan fingerprint density at radius 2 is 1.87 bits per heavy atom. The summed E-state index contributed by atoms with van der Waals surface area (Å²) in [5.41, 5.74) is 0.0170. The Kier molecular flexibility index (Phi) is 6.60. The van der Waals surface area contributed by atoms with Gasteiger partial charge in [-0.25, -0.2) is 0 Å². The standard InChI is InChI=1S/C10H18ClF3O/c1-3-9(2,7-11)5-4-6-15-8-10(12,13)14/h3-8H2,1-2H3. The minimum Gasteiger partial charge on any atom is -0.372 e. The van der Waals surface area contributed by atoms with Gasteiger partial charge in [-0.15, -0.1) is 11.6 Å². The van der Waals surface area contributed by atoms with Gasteiger partial charge >= 0.3 is 6.18 Å². The smallest absolute Gasteiger partial charge is 0.372 e. The number of ether oxygens (including phenoxy) is 1. The molecule has 1 nitrogen and oxygen atoms in total. The molecule has 0 aromatic heterocycles. The van der Waals surface area contributed by atoms with Crippen LogP contribution in [0.25, 0.3) is 0 Å². The summed E-state index contributed by atoms with van der Waals surface area (Å²) in [6.45, 7) is 3.05. The molecule has 0 aliphatic heterocycles. The summed E-state index contributed by atoms with van der Waals surface area (Å²) in [6, 6.07) is 0. The number of hydrogen-bond acceptors (Lipinski definition) is 1. The van der Waals surface area contributed by atoms with E-state index in [0.29, 0.717) is 12.3 Å². The second-order valence-electron chi connectivity index (χ2n) is 4.07. The normalized spacial score (nSPS) is 16.4. The fourth-order valence-corrected chi connectivity index (χ4v) is 1.45. The largest absolute Gasteiger partial charge is 0.411 e. The van der Waals surface area contributed by atoms with E-state index in [2.05, 4.69) is 4.74 Å². The minimum atomic E-state index is -4.22. The van der Waals surface area contributed by atoms with Crippen molar-refractivity contribution in [3.8, 4) is 0 Å². The summed E-state index contributed by atoms with van der Waals surface area (Å²) < 4.78 is 39.6. The van der Waals surface area contributed by atoms with Crippen molar-refractivity contribution in [2.45, 2.75) is 39.3 Å². The molecule has 0 saturated carbocycles. The van der Waals surface area contributed by atoms with Gasteiger partial charge in [0.05, 0.1) is 0 Å². The molecule has 0 aromatic rings. The number of halogens is 4. The minimum absolute atomic E-state index is 0.0170. The summed E-state index contributed by atoms with van der Waals surface area (Å²) >= 11 is 5.77. The Morgan fingerprint density at radius 3 is 2.27 bits per heavy atom. The first-order chi connectivity index (χ1) is 6.83. The molecule has 0 saturated heterocycles. The van der Waals surface area contributed by atoms with Crippen molar-refractivity contribution < 1.29 is 17.9 Å². The van der Waals surface area contributed by atoms with E-state index < -0.39 is 12.8 Å². The molecule has 0 amide bonds. The number of hydrogen-bond donors (Lipinski definition) is 0. The molecule has 1 unspecified atom stereocenters. The van der Waals surface area contributed by atoms with Crippen molar-refractivity contribution in [1.29, 1.82) is 0 Å². The molecular formula is C10H18ClF3O. The first-order valence-corrected chi connectivity index (χ1v) is 5.57. The van der Waals surface area contributed by atoms with E-state index in [1.807, 2.05) is 13.8 Å². The van der Waals surface area contributed by atoms with Crippen LogP contribution >= 0.6 is 11.6 Å². The van der Waals surface area contributed by atoms with E-state index in [9.17, 15) is 13.2 Å². The molecule has 0 rings (SSSR count). The summed E-state index contributed by atoms with van der Waals surface area (Å²) in [5, 5.41) is 0. The summed E-state index contributed by atoms with van der Waals surface area (Å²) in [5.74, 6) is 0.531. The predicted molar refractivity (Wildman–Crippen MR) is 55.2 cm³/mol. The SMILES string of the molecule is CCC(C)(CCl)CCCOCC(F)(F)F. The first-order valence-electron chi connectivity index (χ1n) is 5.03. The zero-order chi connectivity index (χ0) is 11.9. The molecule has 0 spiro atoms. The van der Waals surface area contributed by atoms with Gasteiger partial charge in [-0.05, 0) is 24.7 Å². The van der Waals surface area contributed by atoms with Crippen molar-refractivity contribution in [3.05, 3.63) is 0 Å². The summed E-state index contributed by atoms with van der Waals surface area (Å²) in [4.78, 5) is 0. The molecule has 92 valence electrons. The van der Waals surface area contributed by atoms with Gasteiger partial charge in [0.1, 0.15) is 6.61 Å². The van der Waals surface area contributed by atoms with Crippen LogP contribution in [0.3, 0.4) is 0 Å². The predicted octanol–water partition coefficient (Wildman–Crippen LogP) is 4.00. The maximum Gasteiger partial charge on any atom is 0.411 e. The van der Waals surface area contributed by atoms with Crippen LogP contribution in [0.2, 0.25) is 0 Å². The molecule has 0 aliphatic carbocycles. The summed E-state index contributed by atoms with van der Waals surface area (Å²) in [7, 11) is 0. The molecule has 0 bridgehead atoms. The van der Waals surface area contributed by atoms with Gasteiger partial charge in [0, 0.05) is 12.5 Å². The molecular weight excluding hydrogens is 229 g/mol. The molecule has 0 radical (unpaired) electrons. The molecule has 0 N–H and O–H groups in total. The fourth-order valence-electron chi connectivity index (χ4n) is 1.13. The van der Waals surface area contributed by atoms with Gasteiger partial charge < -0.3 is 4.74 Å². The van der Waals surface area contributed by atoms with Gasteiger partial charge in [0.25, 0.3) is 0 Å². The van der Waals surface area contributed by atoms with E-state index >= 15 is 0 Å².